The Morgan fingerprint density at radius 3 is 2.82 bits per heavy atom. The first kappa shape index (κ1) is 23.1. The fourth-order valence-electron chi connectivity index (χ4n) is 2.95. The Bertz CT molecular complexity index is 781. The van der Waals surface area contributed by atoms with Crippen LogP contribution in [0.3, 0.4) is 0 Å². The Balaban J connectivity index is 0.00000280. The summed E-state index contributed by atoms with van der Waals surface area (Å²) in [4.78, 5) is 11.9. The van der Waals surface area contributed by atoms with E-state index in [0.29, 0.717) is 13.2 Å². The molecule has 3 heterocycles. The first-order valence-corrected chi connectivity index (χ1v) is 10.3. The molecular formula is C19H31IN6OS. The van der Waals surface area contributed by atoms with Gasteiger partial charge in [-0.1, -0.05) is 20.8 Å². The van der Waals surface area contributed by atoms with Crippen LogP contribution in [0.4, 0.5) is 0 Å². The summed E-state index contributed by atoms with van der Waals surface area (Å²) < 4.78 is 7.76. The van der Waals surface area contributed by atoms with Crippen LogP contribution in [0.5, 0.6) is 0 Å². The van der Waals surface area contributed by atoms with E-state index in [0.717, 1.165) is 41.9 Å². The summed E-state index contributed by atoms with van der Waals surface area (Å²) in [6, 6.07) is 0. The minimum atomic E-state index is 0. The van der Waals surface area contributed by atoms with Gasteiger partial charge in [0.15, 0.2) is 5.96 Å². The van der Waals surface area contributed by atoms with Gasteiger partial charge in [0.05, 0.1) is 31.6 Å². The minimum Gasteiger partial charge on any atom is -0.370 e. The van der Waals surface area contributed by atoms with Gasteiger partial charge in [0, 0.05) is 42.7 Å². The molecule has 1 aliphatic heterocycles. The Kier molecular flexibility index (Phi) is 8.26. The van der Waals surface area contributed by atoms with E-state index in [1.165, 1.54) is 0 Å². The van der Waals surface area contributed by atoms with Crippen LogP contribution in [0.1, 0.15) is 50.1 Å². The summed E-state index contributed by atoms with van der Waals surface area (Å²) in [5.41, 5.74) is 2.31. The molecule has 1 N–H and O–H groups in total. The van der Waals surface area contributed by atoms with E-state index in [-0.39, 0.29) is 35.5 Å². The molecule has 1 unspecified atom stereocenters. The van der Waals surface area contributed by atoms with E-state index in [1.807, 2.05) is 24.1 Å². The highest BCUT2D eigenvalue weighted by atomic mass is 127. The van der Waals surface area contributed by atoms with Crippen LogP contribution in [0.25, 0.3) is 0 Å². The van der Waals surface area contributed by atoms with Gasteiger partial charge in [-0.15, -0.1) is 35.3 Å². The van der Waals surface area contributed by atoms with Crippen LogP contribution in [0, 0.1) is 0 Å². The van der Waals surface area contributed by atoms with Crippen LogP contribution in [-0.2, 0) is 23.7 Å². The molecule has 1 atom stereocenters. The van der Waals surface area contributed by atoms with Crippen molar-refractivity contribution >= 4 is 41.3 Å². The van der Waals surface area contributed by atoms with Crippen molar-refractivity contribution in [2.24, 2.45) is 12.0 Å². The van der Waals surface area contributed by atoms with E-state index in [2.05, 4.69) is 48.4 Å². The predicted octanol–water partition coefficient (Wildman–Crippen LogP) is 3.33. The number of halogens is 1. The minimum absolute atomic E-state index is 0. The number of hydrogen-bond donors (Lipinski definition) is 1. The van der Waals surface area contributed by atoms with Crippen LogP contribution in [0.15, 0.2) is 22.8 Å². The summed E-state index contributed by atoms with van der Waals surface area (Å²) in [6.07, 6.45) is 3.91. The van der Waals surface area contributed by atoms with E-state index in [4.69, 9.17) is 14.7 Å². The van der Waals surface area contributed by atoms with Crippen molar-refractivity contribution in [3.8, 4) is 0 Å². The molecule has 28 heavy (non-hydrogen) atoms. The van der Waals surface area contributed by atoms with Crippen molar-refractivity contribution in [1.29, 1.82) is 0 Å². The molecule has 0 spiro atoms. The second-order valence-electron chi connectivity index (χ2n) is 7.80. The van der Waals surface area contributed by atoms with Crippen LogP contribution < -0.4 is 5.32 Å². The van der Waals surface area contributed by atoms with Gasteiger partial charge >= 0.3 is 0 Å². The number of ether oxygens (including phenoxy) is 1. The number of thiazole rings is 1. The van der Waals surface area contributed by atoms with E-state index in [1.54, 1.807) is 11.3 Å². The van der Waals surface area contributed by atoms with Crippen molar-refractivity contribution < 1.29 is 4.74 Å². The number of nitrogens with one attached hydrogen (secondary N) is 1. The molecule has 0 amide bonds. The Hall–Kier alpha value is -1.20. The fourth-order valence-corrected chi connectivity index (χ4v) is 3.89. The summed E-state index contributed by atoms with van der Waals surface area (Å²) in [7, 11) is 1.93. The largest absolute Gasteiger partial charge is 0.370 e. The number of aliphatic imine (C=N–C) groups is 1. The van der Waals surface area contributed by atoms with Gasteiger partial charge < -0.3 is 15.0 Å². The van der Waals surface area contributed by atoms with Gasteiger partial charge in [-0.25, -0.2) is 9.98 Å². The zero-order chi connectivity index (χ0) is 19.4. The highest BCUT2D eigenvalue weighted by molar-refractivity contribution is 14.0. The second-order valence-corrected chi connectivity index (χ2v) is 8.74. The Morgan fingerprint density at radius 1 is 1.43 bits per heavy atom. The maximum atomic E-state index is 5.95. The molecule has 9 heteroatoms. The standard InChI is InChI=1S/C19H30N6OS.HI/c1-6-20-18(21-10-17-23-16(13-27-17)19(2,3)4)25-7-8-26-15(12-25)14-9-22-24(5)11-14;/h9,11,13,15H,6-8,10,12H2,1-5H3,(H,20,21);1H. The quantitative estimate of drug-likeness (QED) is 0.382. The number of morpholine rings is 1. The molecule has 1 aliphatic rings. The smallest absolute Gasteiger partial charge is 0.194 e. The highest BCUT2D eigenvalue weighted by Crippen LogP contribution is 2.25. The first-order chi connectivity index (χ1) is 12.9. The molecule has 2 aromatic rings. The van der Waals surface area contributed by atoms with Gasteiger partial charge in [-0.3, -0.25) is 4.68 Å². The molecule has 2 aromatic heterocycles. The normalized spacial score (nSPS) is 18.1. The zero-order valence-corrected chi connectivity index (χ0v) is 20.5. The van der Waals surface area contributed by atoms with Gasteiger partial charge in [0.1, 0.15) is 11.1 Å². The Labute approximate surface area is 188 Å². The lowest BCUT2D eigenvalue weighted by molar-refractivity contribution is -0.00805. The van der Waals surface area contributed by atoms with Crippen LogP contribution in [-0.4, -0.2) is 51.9 Å². The molecule has 0 bridgehead atoms. The van der Waals surface area contributed by atoms with E-state index in [9.17, 15) is 0 Å². The lowest BCUT2D eigenvalue weighted by atomic mass is 9.93. The molecular weight excluding hydrogens is 487 g/mol. The average molecular weight is 518 g/mol. The fraction of sp³-hybridized carbons (Fsp3) is 0.632. The van der Waals surface area contributed by atoms with E-state index < -0.39 is 0 Å². The molecule has 0 radical (unpaired) electrons. The summed E-state index contributed by atoms with van der Waals surface area (Å²) >= 11 is 1.68. The first-order valence-electron chi connectivity index (χ1n) is 9.45. The van der Waals surface area contributed by atoms with Gasteiger partial charge in [-0.2, -0.15) is 5.10 Å². The molecule has 0 aromatic carbocycles. The van der Waals surface area contributed by atoms with Gasteiger partial charge in [0.25, 0.3) is 0 Å². The molecule has 0 saturated carbocycles. The SMILES string of the molecule is CCNC(=NCc1nc(C(C)(C)C)cs1)N1CCOC(c2cnn(C)c2)C1.I. The third-order valence-electron chi connectivity index (χ3n) is 4.48. The number of guanidine groups is 1. The second kappa shape index (κ2) is 10.0. The monoisotopic (exact) mass is 518 g/mol. The molecule has 156 valence electrons. The van der Waals surface area contributed by atoms with Gasteiger partial charge in [-0.05, 0) is 6.92 Å². The van der Waals surface area contributed by atoms with Crippen molar-refractivity contribution in [2.45, 2.75) is 45.8 Å². The zero-order valence-electron chi connectivity index (χ0n) is 17.3. The molecule has 1 fully saturated rings. The lowest BCUT2D eigenvalue weighted by Crippen LogP contribution is -2.48. The summed E-state index contributed by atoms with van der Waals surface area (Å²) in [5, 5.41) is 10.9. The van der Waals surface area contributed by atoms with Crippen molar-refractivity contribution in [1.82, 2.24) is 25.0 Å². The van der Waals surface area contributed by atoms with Crippen molar-refractivity contribution in [3.05, 3.63) is 34.0 Å². The average Bonchev–Trinajstić information content (AvgIpc) is 3.27. The lowest BCUT2D eigenvalue weighted by Gasteiger charge is -2.34. The van der Waals surface area contributed by atoms with Crippen molar-refractivity contribution in [2.75, 3.05) is 26.2 Å². The third-order valence-corrected chi connectivity index (χ3v) is 5.32. The highest BCUT2D eigenvalue weighted by Gasteiger charge is 2.25. The summed E-state index contributed by atoms with van der Waals surface area (Å²) in [5.74, 6) is 0.919. The molecule has 0 aliphatic carbocycles. The van der Waals surface area contributed by atoms with Crippen molar-refractivity contribution in [3.63, 3.8) is 0 Å². The Morgan fingerprint density at radius 2 is 2.21 bits per heavy atom. The molecule has 3 rings (SSSR count). The molecule has 1 saturated heterocycles. The topological polar surface area (TPSA) is 67.6 Å². The number of nitrogens with zero attached hydrogens (tertiary/aromatic N) is 5. The maximum Gasteiger partial charge on any atom is 0.194 e. The maximum absolute atomic E-state index is 5.95. The van der Waals surface area contributed by atoms with Crippen LogP contribution in [0.2, 0.25) is 0 Å². The number of aryl methyl sites for hydroxylation is 1. The number of aromatic nitrogens is 3. The van der Waals surface area contributed by atoms with Crippen LogP contribution >= 0.6 is 35.3 Å². The summed E-state index contributed by atoms with van der Waals surface area (Å²) in [6.45, 7) is 12.3. The van der Waals surface area contributed by atoms with Gasteiger partial charge in [0.2, 0.25) is 0 Å². The third kappa shape index (κ3) is 5.90. The molecule has 7 nitrogen and oxygen atoms in total. The van der Waals surface area contributed by atoms with E-state index >= 15 is 0 Å². The number of rotatable bonds is 4. The predicted molar refractivity (Wildman–Crippen MR) is 125 cm³/mol. The number of hydrogen-bond acceptors (Lipinski definition) is 5.